The van der Waals surface area contributed by atoms with Crippen LogP contribution in [0, 0.1) is 0 Å². The fourth-order valence-electron chi connectivity index (χ4n) is 3.24. The average Bonchev–Trinajstić information content (AvgIpc) is 3.17. The fraction of sp³-hybridized carbons (Fsp3) is 0.154. The number of rotatable bonds is 7. The smallest absolute Gasteiger partial charge is 0.416 e. The van der Waals surface area contributed by atoms with Crippen molar-refractivity contribution in [3.8, 4) is 11.5 Å². The van der Waals surface area contributed by atoms with Gasteiger partial charge < -0.3 is 14.8 Å². The number of halogens is 4. The summed E-state index contributed by atoms with van der Waals surface area (Å²) in [5, 5.41) is 3.42. The number of nitrogens with one attached hydrogen (secondary N) is 1. The number of ether oxygens (including phenoxy) is 2. The lowest BCUT2D eigenvalue weighted by atomic mass is 10.2. The number of carbonyl (C=O) groups excluding carboxylic acids is 1. The van der Waals surface area contributed by atoms with Crippen LogP contribution in [0.15, 0.2) is 76.6 Å². The highest BCUT2D eigenvalue weighted by molar-refractivity contribution is 8.18. The van der Waals surface area contributed by atoms with Crippen LogP contribution < -0.4 is 14.8 Å². The zero-order valence-corrected chi connectivity index (χ0v) is 20.5. The number of alkyl halides is 3. The van der Waals surface area contributed by atoms with Crippen LogP contribution in [0.4, 0.5) is 18.9 Å². The third-order valence-corrected chi connectivity index (χ3v) is 6.09. The molecule has 0 atom stereocenters. The molecule has 3 aromatic rings. The topological polar surface area (TPSA) is 59.9 Å². The van der Waals surface area contributed by atoms with Crippen LogP contribution >= 0.6 is 23.4 Å². The van der Waals surface area contributed by atoms with Gasteiger partial charge in [-0.05, 0) is 78.4 Å². The van der Waals surface area contributed by atoms with Crippen molar-refractivity contribution in [2.24, 2.45) is 4.99 Å². The summed E-state index contributed by atoms with van der Waals surface area (Å²) in [6.07, 6.45) is -2.82. The SMILES string of the molecule is CCOc1cc(/C=C2\SC(=Nc3cccc(C(F)(F)F)c3)NC2=O)ccc1OCc1ccc(Cl)cc1. The number of hydrogen-bond donors (Lipinski definition) is 1. The Bertz CT molecular complexity index is 1320. The van der Waals surface area contributed by atoms with E-state index in [9.17, 15) is 18.0 Å². The van der Waals surface area contributed by atoms with E-state index in [1.165, 1.54) is 12.1 Å². The van der Waals surface area contributed by atoms with E-state index in [0.717, 1.165) is 29.5 Å². The first-order valence-electron chi connectivity index (χ1n) is 10.8. The zero-order valence-electron chi connectivity index (χ0n) is 18.9. The Morgan fingerprint density at radius 3 is 2.53 bits per heavy atom. The van der Waals surface area contributed by atoms with Crippen molar-refractivity contribution >= 4 is 46.2 Å². The molecule has 4 rings (SSSR count). The molecule has 36 heavy (non-hydrogen) atoms. The predicted molar refractivity (Wildman–Crippen MR) is 136 cm³/mol. The van der Waals surface area contributed by atoms with Crippen LogP contribution in [0.3, 0.4) is 0 Å². The summed E-state index contributed by atoms with van der Waals surface area (Å²) < 4.78 is 50.5. The molecular weight excluding hydrogens is 513 g/mol. The Hall–Kier alpha value is -3.43. The lowest BCUT2D eigenvalue weighted by Crippen LogP contribution is -2.19. The third-order valence-electron chi connectivity index (χ3n) is 4.93. The van der Waals surface area contributed by atoms with E-state index in [2.05, 4.69) is 10.3 Å². The number of hydrogen-bond acceptors (Lipinski definition) is 5. The van der Waals surface area contributed by atoms with Crippen molar-refractivity contribution in [2.45, 2.75) is 19.7 Å². The van der Waals surface area contributed by atoms with Gasteiger partial charge in [-0.25, -0.2) is 4.99 Å². The van der Waals surface area contributed by atoms with Gasteiger partial charge in [-0.3, -0.25) is 4.79 Å². The second kappa shape index (κ2) is 11.1. The normalized spacial score (nSPS) is 15.9. The molecule has 1 fully saturated rings. The van der Waals surface area contributed by atoms with Gasteiger partial charge in [-0.15, -0.1) is 0 Å². The molecule has 0 spiro atoms. The molecule has 0 radical (unpaired) electrons. The maximum Gasteiger partial charge on any atom is 0.416 e. The van der Waals surface area contributed by atoms with Gasteiger partial charge in [0, 0.05) is 5.02 Å². The van der Waals surface area contributed by atoms with Gasteiger partial charge in [0.05, 0.1) is 22.8 Å². The highest BCUT2D eigenvalue weighted by Gasteiger charge is 2.30. The van der Waals surface area contributed by atoms with Gasteiger partial charge in [0.25, 0.3) is 5.91 Å². The molecule has 1 aliphatic heterocycles. The Kier molecular flexibility index (Phi) is 7.91. The first kappa shape index (κ1) is 25.7. The molecule has 0 bridgehead atoms. The summed E-state index contributed by atoms with van der Waals surface area (Å²) in [6.45, 7) is 2.59. The molecule has 186 valence electrons. The van der Waals surface area contributed by atoms with Gasteiger partial charge in [-0.2, -0.15) is 13.2 Å². The molecule has 10 heteroatoms. The molecule has 0 unspecified atom stereocenters. The fourth-order valence-corrected chi connectivity index (χ4v) is 4.21. The van der Waals surface area contributed by atoms with Crippen molar-refractivity contribution in [3.63, 3.8) is 0 Å². The summed E-state index contributed by atoms with van der Waals surface area (Å²) in [6, 6.07) is 17.2. The molecule has 0 aliphatic carbocycles. The number of amidine groups is 1. The van der Waals surface area contributed by atoms with E-state index >= 15 is 0 Å². The van der Waals surface area contributed by atoms with Crippen molar-refractivity contribution in [1.82, 2.24) is 5.32 Å². The molecule has 1 amide bonds. The average molecular weight is 533 g/mol. The summed E-state index contributed by atoms with van der Waals surface area (Å²) in [5.41, 5.74) is 0.917. The number of aliphatic imine (C=N–C) groups is 1. The first-order valence-corrected chi connectivity index (χ1v) is 12.0. The van der Waals surface area contributed by atoms with Crippen LogP contribution in [-0.4, -0.2) is 17.7 Å². The van der Waals surface area contributed by atoms with Crippen LogP contribution in [0.5, 0.6) is 11.5 Å². The standard InChI is InChI=1S/C26H20ClF3N2O3S/c1-2-34-22-12-17(8-11-21(22)35-15-16-6-9-19(27)10-7-16)13-23-24(33)32-25(36-23)31-20-5-3-4-18(14-20)26(28,29)30/h3-14H,2,15H2,1H3,(H,31,32,33)/b23-13-. The van der Waals surface area contributed by atoms with Gasteiger partial charge in [0.1, 0.15) is 6.61 Å². The molecule has 1 saturated heterocycles. The molecule has 0 saturated carbocycles. The Morgan fingerprint density at radius 1 is 1.03 bits per heavy atom. The van der Waals surface area contributed by atoms with E-state index in [0.29, 0.717) is 40.2 Å². The van der Waals surface area contributed by atoms with Gasteiger partial charge in [0.2, 0.25) is 0 Å². The lowest BCUT2D eigenvalue weighted by molar-refractivity contribution is -0.137. The minimum absolute atomic E-state index is 0.0923. The first-order chi connectivity index (χ1) is 17.2. The molecule has 5 nitrogen and oxygen atoms in total. The highest BCUT2D eigenvalue weighted by atomic mass is 35.5. The van der Waals surface area contributed by atoms with Crippen LogP contribution in [-0.2, 0) is 17.6 Å². The predicted octanol–water partition coefficient (Wildman–Crippen LogP) is 7.23. The highest BCUT2D eigenvalue weighted by Crippen LogP contribution is 2.34. The lowest BCUT2D eigenvalue weighted by Gasteiger charge is -2.13. The minimum atomic E-state index is -4.48. The monoisotopic (exact) mass is 532 g/mol. The van der Waals surface area contributed by atoms with Crippen molar-refractivity contribution in [2.75, 3.05) is 6.61 Å². The van der Waals surface area contributed by atoms with E-state index in [1.54, 1.807) is 36.4 Å². The molecule has 1 heterocycles. The van der Waals surface area contributed by atoms with E-state index in [4.69, 9.17) is 21.1 Å². The summed E-state index contributed by atoms with van der Waals surface area (Å²) >= 11 is 6.96. The van der Waals surface area contributed by atoms with Crippen molar-refractivity contribution < 1.29 is 27.4 Å². The Labute approximate surface area is 215 Å². The number of thioether (sulfide) groups is 1. The molecule has 3 aromatic carbocycles. The van der Waals surface area contributed by atoms with Crippen molar-refractivity contribution in [3.05, 3.63) is 93.3 Å². The second-order valence-corrected chi connectivity index (χ2v) is 9.05. The molecule has 0 aromatic heterocycles. The van der Waals surface area contributed by atoms with E-state index in [-0.39, 0.29) is 10.9 Å². The minimum Gasteiger partial charge on any atom is -0.490 e. The number of amides is 1. The van der Waals surface area contributed by atoms with Gasteiger partial charge in [0.15, 0.2) is 16.7 Å². The summed E-state index contributed by atoms with van der Waals surface area (Å²) in [7, 11) is 0. The van der Waals surface area contributed by atoms with E-state index < -0.39 is 17.6 Å². The Balaban J connectivity index is 1.50. The Morgan fingerprint density at radius 2 is 1.81 bits per heavy atom. The quantitative estimate of drug-likeness (QED) is 0.326. The van der Waals surface area contributed by atoms with Crippen LogP contribution in [0.25, 0.3) is 6.08 Å². The second-order valence-electron chi connectivity index (χ2n) is 7.58. The van der Waals surface area contributed by atoms with Gasteiger partial charge in [-0.1, -0.05) is 35.9 Å². The number of nitrogens with zero attached hydrogens (tertiary/aromatic N) is 1. The largest absolute Gasteiger partial charge is 0.490 e. The summed E-state index contributed by atoms with van der Waals surface area (Å²) in [5.74, 6) is 0.665. The third kappa shape index (κ3) is 6.61. The van der Waals surface area contributed by atoms with Gasteiger partial charge >= 0.3 is 6.18 Å². The molecule has 1 N–H and O–H groups in total. The summed E-state index contributed by atoms with van der Waals surface area (Å²) in [4.78, 5) is 16.9. The number of benzene rings is 3. The maximum atomic E-state index is 13.0. The number of carbonyl (C=O) groups is 1. The van der Waals surface area contributed by atoms with Crippen molar-refractivity contribution in [1.29, 1.82) is 0 Å². The molecule has 1 aliphatic rings. The maximum absolute atomic E-state index is 13.0. The molecular formula is C26H20ClF3N2O3S. The van der Waals surface area contributed by atoms with Crippen LogP contribution in [0.1, 0.15) is 23.6 Å². The van der Waals surface area contributed by atoms with E-state index in [1.807, 2.05) is 19.1 Å². The van der Waals surface area contributed by atoms with Crippen LogP contribution in [0.2, 0.25) is 5.02 Å². The zero-order chi connectivity index (χ0) is 25.7.